The second-order valence-electron chi connectivity index (χ2n) is 9.97. The summed E-state index contributed by atoms with van der Waals surface area (Å²) >= 11 is 1.55. The van der Waals surface area contributed by atoms with Crippen LogP contribution in [0.1, 0.15) is 72.5 Å². The first kappa shape index (κ1) is 28.2. The Morgan fingerprint density at radius 2 is 1.83 bits per heavy atom. The van der Waals surface area contributed by atoms with E-state index in [1.165, 1.54) is 32.1 Å². The molecule has 7 heteroatoms. The number of carboxylic acids is 1. The number of hydrogen-bond donors (Lipinski definition) is 4. The Balaban J connectivity index is 1.93. The smallest absolute Gasteiger partial charge is 0.326 e. The van der Waals surface area contributed by atoms with Gasteiger partial charge in [-0.15, -0.1) is 0 Å². The predicted molar refractivity (Wildman–Crippen MR) is 147 cm³/mol. The van der Waals surface area contributed by atoms with Crippen LogP contribution in [0.5, 0.6) is 0 Å². The molecule has 0 bridgehead atoms. The average Bonchev–Trinajstić information content (AvgIpc) is 2.89. The number of thioether (sulfide) groups is 1. The third-order valence-corrected chi connectivity index (χ3v) is 8.07. The lowest BCUT2D eigenvalue weighted by Gasteiger charge is -2.29. The van der Waals surface area contributed by atoms with Crippen molar-refractivity contribution in [2.24, 2.45) is 17.6 Å². The molecule has 3 atom stereocenters. The van der Waals surface area contributed by atoms with E-state index in [9.17, 15) is 19.8 Å². The van der Waals surface area contributed by atoms with Crippen LogP contribution in [0.25, 0.3) is 11.1 Å². The van der Waals surface area contributed by atoms with E-state index in [0.717, 1.165) is 28.7 Å². The Bertz CT molecular complexity index is 1020. The van der Waals surface area contributed by atoms with Gasteiger partial charge >= 0.3 is 5.97 Å². The van der Waals surface area contributed by atoms with Crippen LogP contribution in [0.15, 0.2) is 42.5 Å². The second kappa shape index (κ2) is 13.8. The van der Waals surface area contributed by atoms with Gasteiger partial charge in [0.15, 0.2) is 0 Å². The van der Waals surface area contributed by atoms with Gasteiger partial charge in [-0.1, -0.05) is 62.4 Å². The molecule has 0 aromatic heterocycles. The first-order valence-corrected chi connectivity index (χ1v) is 14.3. The number of aliphatic carboxylic acids is 1. The van der Waals surface area contributed by atoms with Gasteiger partial charge < -0.3 is 21.3 Å². The maximum Gasteiger partial charge on any atom is 0.326 e. The van der Waals surface area contributed by atoms with Crippen LogP contribution in [0.2, 0.25) is 0 Å². The number of hydrogen-bond acceptors (Lipinski definition) is 5. The van der Waals surface area contributed by atoms with Gasteiger partial charge in [-0.3, -0.25) is 4.79 Å². The van der Waals surface area contributed by atoms with Crippen LogP contribution < -0.4 is 11.1 Å². The van der Waals surface area contributed by atoms with E-state index in [1.54, 1.807) is 17.8 Å². The first-order chi connectivity index (χ1) is 17.3. The molecule has 1 fully saturated rings. The molecule has 1 aliphatic rings. The van der Waals surface area contributed by atoms with Crippen molar-refractivity contribution < 1.29 is 19.8 Å². The number of carbonyl (C=O) groups excluding carboxylic acids is 1. The number of amides is 1. The van der Waals surface area contributed by atoms with Gasteiger partial charge in [-0.25, -0.2) is 4.79 Å². The van der Waals surface area contributed by atoms with Crippen LogP contribution >= 0.6 is 11.8 Å². The standard InChI is InChI=1S/C29H40N2O4S/c1-19-8-6-7-11-23(19)25-17-21(27(30)22(18-32)16-20-9-4-3-5-10-20)12-13-24(25)28(33)31-26(29(34)35)14-15-36-2/h6-8,11-13,17,20,22,26-27,32H,3-5,9-10,14-16,18,30H2,1-2H3,(H,31,33)(H,34,35)/t22?,26-,27?/m0/s1. The first-order valence-electron chi connectivity index (χ1n) is 12.9. The van der Waals surface area contributed by atoms with Crippen molar-refractivity contribution in [3.63, 3.8) is 0 Å². The number of rotatable bonds is 12. The van der Waals surface area contributed by atoms with E-state index in [2.05, 4.69) is 5.32 Å². The van der Waals surface area contributed by atoms with Gasteiger partial charge in [0.1, 0.15) is 6.04 Å². The zero-order chi connectivity index (χ0) is 26.1. The van der Waals surface area contributed by atoms with E-state index in [-0.39, 0.29) is 18.6 Å². The Kier molecular flexibility index (Phi) is 10.8. The van der Waals surface area contributed by atoms with E-state index in [0.29, 0.717) is 23.7 Å². The number of carbonyl (C=O) groups is 2. The van der Waals surface area contributed by atoms with Gasteiger partial charge in [0.25, 0.3) is 5.91 Å². The number of nitrogens with one attached hydrogen (secondary N) is 1. The molecule has 0 heterocycles. The maximum absolute atomic E-state index is 13.3. The molecular weight excluding hydrogens is 472 g/mol. The van der Waals surface area contributed by atoms with Crippen LogP contribution in [-0.2, 0) is 4.79 Å². The van der Waals surface area contributed by atoms with Gasteiger partial charge in [0.05, 0.1) is 0 Å². The summed E-state index contributed by atoms with van der Waals surface area (Å²) in [4.78, 5) is 25.0. The number of benzene rings is 2. The molecule has 36 heavy (non-hydrogen) atoms. The van der Waals surface area contributed by atoms with Gasteiger partial charge in [0, 0.05) is 24.1 Å². The fourth-order valence-corrected chi connectivity index (χ4v) is 5.72. The molecule has 196 valence electrons. The molecule has 2 unspecified atom stereocenters. The third-order valence-electron chi connectivity index (χ3n) is 7.43. The fourth-order valence-electron chi connectivity index (χ4n) is 5.25. The van der Waals surface area contributed by atoms with Gasteiger partial charge in [-0.2, -0.15) is 11.8 Å². The highest BCUT2D eigenvalue weighted by Crippen LogP contribution is 2.35. The molecule has 2 aromatic rings. The van der Waals surface area contributed by atoms with Crippen molar-refractivity contribution in [3.8, 4) is 11.1 Å². The van der Waals surface area contributed by atoms with E-state index < -0.39 is 17.9 Å². The minimum atomic E-state index is -1.04. The quantitative estimate of drug-likeness (QED) is 0.312. The second-order valence-corrected chi connectivity index (χ2v) is 11.0. The monoisotopic (exact) mass is 512 g/mol. The van der Waals surface area contributed by atoms with Crippen molar-refractivity contribution in [2.45, 2.75) is 64.0 Å². The minimum Gasteiger partial charge on any atom is -0.480 e. The SMILES string of the molecule is CSCC[C@H](NC(=O)c1ccc(C(N)C(CO)CC2CCCCC2)cc1-c1ccccc1C)C(=O)O. The maximum atomic E-state index is 13.3. The molecule has 0 spiro atoms. The molecule has 1 saturated carbocycles. The Hall–Kier alpha value is -2.35. The molecule has 0 aliphatic heterocycles. The molecule has 2 aromatic carbocycles. The molecule has 0 radical (unpaired) electrons. The lowest BCUT2D eigenvalue weighted by molar-refractivity contribution is -0.139. The average molecular weight is 513 g/mol. The zero-order valence-electron chi connectivity index (χ0n) is 21.4. The third kappa shape index (κ3) is 7.34. The van der Waals surface area contributed by atoms with Crippen LogP contribution in [0.3, 0.4) is 0 Å². The van der Waals surface area contributed by atoms with Crippen LogP contribution in [-0.4, -0.2) is 46.7 Å². The predicted octanol–water partition coefficient (Wildman–Crippen LogP) is 5.18. The molecule has 0 saturated heterocycles. The van der Waals surface area contributed by atoms with Crippen molar-refractivity contribution in [1.29, 1.82) is 0 Å². The Labute approximate surface area is 219 Å². The summed E-state index contributed by atoms with van der Waals surface area (Å²) in [5, 5.41) is 22.5. The topological polar surface area (TPSA) is 113 Å². The summed E-state index contributed by atoms with van der Waals surface area (Å²) in [5.41, 5.74) is 10.6. The molecular formula is C29H40N2O4S. The largest absolute Gasteiger partial charge is 0.480 e. The number of carboxylic acid groups (broad SMARTS) is 1. The van der Waals surface area contributed by atoms with Crippen molar-refractivity contribution in [2.75, 3.05) is 18.6 Å². The minimum absolute atomic E-state index is 0.0231. The Morgan fingerprint density at radius 3 is 2.47 bits per heavy atom. The normalized spacial score (nSPS) is 16.8. The van der Waals surface area contributed by atoms with Crippen molar-refractivity contribution in [1.82, 2.24) is 5.32 Å². The van der Waals surface area contributed by atoms with Crippen LogP contribution in [0.4, 0.5) is 0 Å². The molecule has 1 amide bonds. The van der Waals surface area contributed by atoms with E-state index >= 15 is 0 Å². The fraction of sp³-hybridized carbons (Fsp3) is 0.517. The van der Waals surface area contributed by atoms with E-state index in [1.807, 2.05) is 49.6 Å². The highest BCUT2D eigenvalue weighted by Gasteiger charge is 2.27. The van der Waals surface area contributed by atoms with Gasteiger partial charge in [-0.05, 0) is 72.1 Å². The Morgan fingerprint density at radius 1 is 1.11 bits per heavy atom. The number of aryl methyl sites for hydroxylation is 1. The molecule has 3 rings (SSSR count). The lowest BCUT2D eigenvalue weighted by Crippen LogP contribution is -2.41. The molecule has 1 aliphatic carbocycles. The molecule has 6 nitrogen and oxygen atoms in total. The summed E-state index contributed by atoms with van der Waals surface area (Å²) < 4.78 is 0. The van der Waals surface area contributed by atoms with Crippen molar-refractivity contribution >= 4 is 23.6 Å². The summed E-state index contributed by atoms with van der Waals surface area (Å²) in [6, 6.07) is 12.1. The van der Waals surface area contributed by atoms with Gasteiger partial charge in [0.2, 0.25) is 0 Å². The summed E-state index contributed by atoms with van der Waals surface area (Å²) in [6.07, 6.45) is 9.32. The lowest BCUT2D eigenvalue weighted by atomic mass is 9.79. The number of aliphatic hydroxyl groups excluding tert-OH is 1. The van der Waals surface area contributed by atoms with Crippen molar-refractivity contribution in [3.05, 3.63) is 59.2 Å². The number of aliphatic hydroxyl groups is 1. The van der Waals surface area contributed by atoms with E-state index in [4.69, 9.17) is 5.73 Å². The molecule has 5 N–H and O–H groups in total. The number of nitrogens with two attached hydrogens (primary N) is 1. The summed E-state index contributed by atoms with van der Waals surface area (Å²) in [6.45, 7) is 2.01. The van der Waals surface area contributed by atoms with Crippen LogP contribution in [0, 0.1) is 18.8 Å². The zero-order valence-corrected chi connectivity index (χ0v) is 22.2. The highest BCUT2D eigenvalue weighted by atomic mass is 32.2. The summed E-state index contributed by atoms with van der Waals surface area (Å²) in [7, 11) is 0. The summed E-state index contributed by atoms with van der Waals surface area (Å²) in [5.74, 6) is -0.276. The highest BCUT2D eigenvalue weighted by molar-refractivity contribution is 7.98.